The Kier molecular flexibility index (Phi) is 4.04. The van der Waals surface area contributed by atoms with Crippen LogP contribution in [0.25, 0.3) is 0 Å². The summed E-state index contributed by atoms with van der Waals surface area (Å²) < 4.78 is 12.9. The lowest BCUT2D eigenvalue weighted by molar-refractivity contribution is 0.207. The van der Waals surface area contributed by atoms with Crippen LogP contribution in [0.2, 0.25) is 0 Å². The molecule has 3 rings (SSSR count). The number of pyridine rings is 1. The van der Waals surface area contributed by atoms with E-state index in [1.165, 1.54) is 23.3 Å². The van der Waals surface area contributed by atoms with Gasteiger partial charge in [0.1, 0.15) is 11.6 Å². The highest BCUT2D eigenvalue weighted by Crippen LogP contribution is 2.33. The highest BCUT2D eigenvalue weighted by atomic mass is 19.1. The quantitative estimate of drug-likeness (QED) is 0.914. The van der Waals surface area contributed by atoms with Crippen molar-refractivity contribution in [2.75, 3.05) is 11.9 Å². The van der Waals surface area contributed by atoms with E-state index in [0.29, 0.717) is 12.4 Å². The summed E-state index contributed by atoms with van der Waals surface area (Å²) in [6.07, 6.45) is 3.02. The van der Waals surface area contributed by atoms with Crippen molar-refractivity contribution < 1.29 is 9.18 Å². The van der Waals surface area contributed by atoms with Gasteiger partial charge in [0.05, 0.1) is 12.2 Å². The van der Waals surface area contributed by atoms with Gasteiger partial charge in [-0.3, -0.25) is 5.32 Å². The van der Waals surface area contributed by atoms with Crippen LogP contribution in [0.3, 0.4) is 0 Å². The molecule has 0 bridgehead atoms. The van der Waals surface area contributed by atoms with Crippen molar-refractivity contribution in [1.29, 1.82) is 0 Å². The normalized spacial score (nSPS) is 17.5. The predicted octanol–water partition coefficient (Wildman–Crippen LogP) is 3.90. The Labute approximate surface area is 129 Å². The molecule has 1 aliphatic rings. The number of hydrogen-bond donors (Lipinski definition) is 1. The molecule has 0 saturated carbocycles. The van der Waals surface area contributed by atoms with Crippen LogP contribution in [0, 0.1) is 12.7 Å². The van der Waals surface area contributed by atoms with Gasteiger partial charge in [-0.25, -0.2) is 14.2 Å². The van der Waals surface area contributed by atoms with Crippen LogP contribution in [0.5, 0.6) is 0 Å². The number of carbonyl (C=O) groups is 1. The van der Waals surface area contributed by atoms with Crippen LogP contribution in [-0.2, 0) is 0 Å². The number of likely N-dealkylation sites (tertiary alicyclic amines) is 1. The number of nitrogens with zero attached hydrogens (tertiary/aromatic N) is 2. The number of halogens is 1. The molecule has 0 radical (unpaired) electrons. The molecule has 2 aromatic rings. The van der Waals surface area contributed by atoms with E-state index >= 15 is 0 Å². The summed E-state index contributed by atoms with van der Waals surface area (Å²) >= 11 is 0. The van der Waals surface area contributed by atoms with E-state index in [1.54, 1.807) is 0 Å². The van der Waals surface area contributed by atoms with Crippen molar-refractivity contribution in [2.24, 2.45) is 0 Å². The van der Waals surface area contributed by atoms with Gasteiger partial charge >= 0.3 is 6.03 Å². The molecule has 0 aliphatic carbocycles. The van der Waals surface area contributed by atoms with Gasteiger partial charge in [-0.1, -0.05) is 24.3 Å². The Balaban J connectivity index is 1.76. The Hall–Kier alpha value is -2.43. The number of nitrogens with one attached hydrogen (secondary N) is 1. The molecule has 1 aliphatic heterocycles. The third kappa shape index (κ3) is 2.93. The van der Waals surface area contributed by atoms with E-state index < -0.39 is 5.82 Å². The number of amides is 2. The fourth-order valence-electron chi connectivity index (χ4n) is 2.92. The molecular formula is C17H18FN3O. The zero-order valence-electron chi connectivity index (χ0n) is 12.4. The molecule has 1 N–H and O–H groups in total. The summed E-state index contributed by atoms with van der Waals surface area (Å²) in [6, 6.07) is 10.8. The molecule has 114 valence electrons. The maximum atomic E-state index is 12.9. The lowest BCUT2D eigenvalue weighted by Crippen LogP contribution is -2.34. The SMILES string of the molecule is Cc1ccccc1[C@H]1CCCN1C(=O)Nc1ccc(F)cn1. The van der Waals surface area contributed by atoms with Crippen molar-refractivity contribution in [3.63, 3.8) is 0 Å². The van der Waals surface area contributed by atoms with E-state index in [9.17, 15) is 9.18 Å². The van der Waals surface area contributed by atoms with E-state index in [1.807, 2.05) is 17.0 Å². The molecule has 0 spiro atoms. The first-order chi connectivity index (χ1) is 10.6. The van der Waals surface area contributed by atoms with Crippen molar-refractivity contribution in [3.8, 4) is 0 Å². The van der Waals surface area contributed by atoms with Crippen molar-refractivity contribution in [2.45, 2.75) is 25.8 Å². The van der Waals surface area contributed by atoms with Gasteiger partial charge in [-0.15, -0.1) is 0 Å². The largest absolute Gasteiger partial charge is 0.323 e. The van der Waals surface area contributed by atoms with Gasteiger partial charge in [0.15, 0.2) is 0 Å². The number of aromatic nitrogens is 1. The number of rotatable bonds is 2. The van der Waals surface area contributed by atoms with Crippen molar-refractivity contribution in [1.82, 2.24) is 9.88 Å². The summed E-state index contributed by atoms with van der Waals surface area (Å²) in [7, 11) is 0. The first-order valence-corrected chi connectivity index (χ1v) is 7.40. The van der Waals surface area contributed by atoms with Gasteiger partial charge in [-0.05, 0) is 43.0 Å². The van der Waals surface area contributed by atoms with Crippen LogP contribution >= 0.6 is 0 Å². The number of benzene rings is 1. The summed E-state index contributed by atoms with van der Waals surface area (Å²) in [5, 5.41) is 2.74. The van der Waals surface area contributed by atoms with Crippen molar-refractivity contribution in [3.05, 3.63) is 59.5 Å². The molecule has 22 heavy (non-hydrogen) atoms. The minimum Gasteiger partial charge on any atom is -0.317 e. The van der Waals surface area contributed by atoms with E-state index in [-0.39, 0.29) is 12.1 Å². The standard InChI is InChI=1S/C17H18FN3O/c1-12-5-2-3-6-14(12)15-7-4-10-21(15)17(22)20-16-9-8-13(18)11-19-16/h2-3,5-6,8-9,11,15H,4,7,10H2,1H3,(H,19,20,22)/t15-/m1/s1. The highest BCUT2D eigenvalue weighted by Gasteiger charge is 2.30. The molecule has 2 heterocycles. The topological polar surface area (TPSA) is 45.2 Å². The Morgan fingerprint density at radius 1 is 1.32 bits per heavy atom. The van der Waals surface area contributed by atoms with Gasteiger partial charge < -0.3 is 4.90 Å². The minimum atomic E-state index is -0.419. The van der Waals surface area contributed by atoms with Crippen LogP contribution in [0.4, 0.5) is 15.0 Å². The third-order valence-corrected chi connectivity index (χ3v) is 4.02. The van der Waals surface area contributed by atoms with Gasteiger partial charge in [0.25, 0.3) is 0 Å². The van der Waals surface area contributed by atoms with Crippen LogP contribution < -0.4 is 5.32 Å². The minimum absolute atomic E-state index is 0.0849. The van der Waals surface area contributed by atoms with Crippen molar-refractivity contribution >= 4 is 11.8 Å². The number of urea groups is 1. The highest BCUT2D eigenvalue weighted by molar-refractivity contribution is 5.88. The summed E-state index contributed by atoms with van der Waals surface area (Å²) in [4.78, 5) is 18.2. The Morgan fingerprint density at radius 3 is 2.86 bits per heavy atom. The summed E-state index contributed by atoms with van der Waals surface area (Å²) in [6.45, 7) is 2.78. The first kappa shape index (κ1) is 14.5. The van der Waals surface area contributed by atoms with Gasteiger partial charge in [-0.2, -0.15) is 0 Å². The summed E-state index contributed by atoms with van der Waals surface area (Å²) in [5.41, 5.74) is 2.37. The molecule has 5 heteroatoms. The monoisotopic (exact) mass is 299 g/mol. The van der Waals surface area contributed by atoms with Crippen LogP contribution in [-0.4, -0.2) is 22.5 Å². The van der Waals surface area contributed by atoms with E-state index in [4.69, 9.17) is 0 Å². The van der Waals surface area contributed by atoms with Crippen LogP contribution in [0.1, 0.15) is 30.0 Å². The Bertz CT molecular complexity index is 672. The molecule has 1 fully saturated rings. The molecule has 1 atom stereocenters. The molecule has 4 nitrogen and oxygen atoms in total. The van der Waals surface area contributed by atoms with Gasteiger partial charge in [0, 0.05) is 6.54 Å². The summed E-state index contributed by atoms with van der Waals surface area (Å²) in [5.74, 6) is -0.0567. The zero-order valence-corrected chi connectivity index (χ0v) is 12.4. The second-order valence-corrected chi connectivity index (χ2v) is 5.50. The number of hydrogen-bond acceptors (Lipinski definition) is 2. The molecule has 1 saturated heterocycles. The molecule has 1 aromatic carbocycles. The second-order valence-electron chi connectivity index (χ2n) is 5.50. The number of aryl methyl sites for hydroxylation is 1. The number of anilines is 1. The molecule has 1 aromatic heterocycles. The average Bonchev–Trinajstić information content (AvgIpc) is 2.99. The molecule has 2 amide bonds. The molecule has 0 unspecified atom stereocenters. The molecular weight excluding hydrogens is 281 g/mol. The second kappa shape index (κ2) is 6.13. The smallest absolute Gasteiger partial charge is 0.317 e. The average molecular weight is 299 g/mol. The fraction of sp³-hybridized carbons (Fsp3) is 0.294. The zero-order chi connectivity index (χ0) is 15.5. The predicted molar refractivity (Wildman–Crippen MR) is 83.1 cm³/mol. The lowest BCUT2D eigenvalue weighted by Gasteiger charge is -2.26. The van der Waals surface area contributed by atoms with E-state index in [2.05, 4.69) is 29.4 Å². The maximum Gasteiger partial charge on any atom is 0.323 e. The Morgan fingerprint density at radius 2 is 2.14 bits per heavy atom. The third-order valence-electron chi connectivity index (χ3n) is 4.02. The fourth-order valence-corrected chi connectivity index (χ4v) is 2.92. The van der Waals surface area contributed by atoms with Crippen LogP contribution in [0.15, 0.2) is 42.6 Å². The number of carbonyl (C=O) groups excluding carboxylic acids is 1. The lowest BCUT2D eigenvalue weighted by atomic mass is 9.99. The first-order valence-electron chi connectivity index (χ1n) is 7.40. The maximum absolute atomic E-state index is 12.9. The van der Waals surface area contributed by atoms with Gasteiger partial charge in [0.2, 0.25) is 0 Å². The van der Waals surface area contributed by atoms with E-state index in [0.717, 1.165) is 19.0 Å².